The molecule has 35 heavy (non-hydrogen) atoms. The molecule has 1 amide bonds. The summed E-state index contributed by atoms with van der Waals surface area (Å²) in [5, 5.41) is 0. The molecule has 0 aromatic carbocycles. The number of piperidine rings is 1. The van der Waals surface area contributed by atoms with Crippen molar-refractivity contribution in [2.75, 3.05) is 36.0 Å². The number of alkyl halides is 5. The van der Waals surface area contributed by atoms with E-state index in [1.807, 2.05) is 0 Å². The minimum Gasteiger partial charge on any atom is -0.443 e. The summed E-state index contributed by atoms with van der Waals surface area (Å²) < 4.78 is 84.1. The molecule has 12 heteroatoms. The lowest BCUT2D eigenvalue weighted by molar-refractivity contribution is -0.169. The Bertz CT molecular complexity index is 860. The zero-order valence-electron chi connectivity index (χ0n) is 20.2. The van der Waals surface area contributed by atoms with Gasteiger partial charge in [-0.15, -0.1) is 0 Å². The number of pyridine rings is 1. The third-order valence-electron chi connectivity index (χ3n) is 5.49. The minimum atomic E-state index is -4.73. The number of carbonyl (C=O) groups is 1. The predicted octanol–water partition coefficient (Wildman–Crippen LogP) is 5.66. The van der Waals surface area contributed by atoms with Crippen LogP contribution in [0.3, 0.4) is 0 Å². The Hall–Kier alpha value is -2.21. The molecule has 3 heterocycles. The summed E-state index contributed by atoms with van der Waals surface area (Å²) in [6.07, 6.45) is -4.67. The van der Waals surface area contributed by atoms with Crippen LogP contribution in [0.4, 0.5) is 38.3 Å². The van der Waals surface area contributed by atoms with Crippen molar-refractivity contribution in [2.24, 2.45) is 0 Å². The molecule has 2 aliphatic rings. The molecule has 0 aliphatic carbocycles. The van der Waals surface area contributed by atoms with Crippen LogP contribution in [-0.4, -0.2) is 61.3 Å². The molecule has 7 nitrogen and oxygen atoms in total. The van der Waals surface area contributed by atoms with Crippen LogP contribution in [-0.2, 0) is 20.8 Å². The average Bonchev–Trinajstić information content (AvgIpc) is 2.75. The summed E-state index contributed by atoms with van der Waals surface area (Å²) >= 11 is 0. The number of ether oxygens (including phenoxy) is 3. The Morgan fingerprint density at radius 3 is 2.46 bits per heavy atom. The Labute approximate surface area is 201 Å². The summed E-state index contributed by atoms with van der Waals surface area (Å²) in [5.74, 6) is -3.09. The predicted molar refractivity (Wildman–Crippen MR) is 119 cm³/mol. The van der Waals surface area contributed by atoms with Gasteiger partial charge < -0.3 is 19.1 Å². The first-order valence-electron chi connectivity index (χ1n) is 11.6. The van der Waals surface area contributed by atoms with E-state index in [1.54, 1.807) is 11.0 Å². The van der Waals surface area contributed by atoms with Gasteiger partial charge >= 0.3 is 12.3 Å². The van der Waals surface area contributed by atoms with Gasteiger partial charge in [-0.05, 0) is 46.1 Å². The summed E-state index contributed by atoms with van der Waals surface area (Å²) in [6.45, 7) is 3.48. The second-order valence-corrected chi connectivity index (χ2v) is 9.81. The maximum atomic E-state index is 13.7. The monoisotopic (exact) mass is 509 g/mol. The summed E-state index contributed by atoms with van der Waals surface area (Å²) in [7, 11) is 0. The van der Waals surface area contributed by atoms with E-state index in [1.165, 1.54) is 26.8 Å². The summed E-state index contributed by atoms with van der Waals surface area (Å²) in [4.78, 5) is 19.0. The van der Waals surface area contributed by atoms with Crippen molar-refractivity contribution >= 4 is 17.6 Å². The van der Waals surface area contributed by atoms with Crippen molar-refractivity contribution in [3.8, 4) is 0 Å². The van der Waals surface area contributed by atoms with E-state index < -0.39 is 36.6 Å². The van der Waals surface area contributed by atoms with Crippen LogP contribution in [0.15, 0.2) is 12.1 Å². The van der Waals surface area contributed by atoms with Crippen molar-refractivity contribution in [3.05, 3.63) is 17.8 Å². The topological polar surface area (TPSA) is 64.1 Å². The van der Waals surface area contributed by atoms with Gasteiger partial charge in [0.15, 0.2) is 6.29 Å². The number of rotatable bonds is 6. The fourth-order valence-corrected chi connectivity index (χ4v) is 3.80. The van der Waals surface area contributed by atoms with Crippen LogP contribution in [0.2, 0.25) is 0 Å². The van der Waals surface area contributed by atoms with Crippen molar-refractivity contribution in [1.29, 1.82) is 0 Å². The Morgan fingerprint density at radius 2 is 1.89 bits per heavy atom. The van der Waals surface area contributed by atoms with Crippen LogP contribution in [0.1, 0.15) is 58.6 Å². The molecule has 2 saturated heterocycles. The number of nitrogens with zero attached hydrogens (tertiary/aromatic N) is 3. The van der Waals surface area contributed by atoms with Gasteiger partial charge in [-0.25, -0.2) is 18.6 Å². The molecule has 0 saturated carbocycles. The minimum absolute atomic E-state index is 0.00813. The van der Waals surface area contributed by atoms with Gasteiger partial charge in [0, 0.05) is 44.3 Å². The third-order valence-corrected chi connectivity index (χ3v) is 5.49. The van der Waals surface area contributed by atoms with Gasteiger partial charge in [0.2, 0.25) is 0 Å². The van der Waals surface area contributed by atoms with Crippen molar-refractivity contribution in [2.45, 2.75) is 83.5 Å². The fraction of sp³-hybridized carbons (Fsp3) is 0.739. The Kier molecular flexibility index (Phi) is 8.46. The summed E-state index contributed by atoms with van der Waals surface area (Å²) in [5.41, 5.74) is -0.412. The molecule has 0 spiro atoms. The number of halogens is 5. The second-order valence-electron chi connectivity index (χ2n) is 9.81. The van der Waals surface area contributed by atoms with Crippen LogP contribution in [0.25, 0.3) is 0 Å². The molecule has 0 radical (unpaired) electrons. The van der Waals surface area contributed by atoms with Crippen molar-refractivity contribution in [1.82, 2.24) is 4.98 Å². The third kappa shape index (κ3) is 8.75. The zero-order valence-corrected chi connectivity index (χ0v) is 20.2. The smallest absolute Gasteiger partial charge is 0.416 e. The number of carbonyl (C=O) groups excluding carboxylic acids is 1. The summed E-state index contributed by atoms with van der Waals surface area (Å²) in [6, 6.07) is 2.87. The number of aromatic nitrogens is 1. The molecular formula is C23H32F5N3O4. The Balaban J connectivity index is 1.92. The highest BCUT2D eigenvalue weighted by Crippen LogP contribution is 2.33. The van der Waals surface area contributed by atoms with E-state index in [9.17, 15) is 26.7 Å². The van der Waals surface area contributed by atoms with Gasteiger partial charge in [0.05, 0.1) is 12.3 Å². The molecule has 1 aromatic rings. The normalized spacial score (nSPS) is 21.0. The van der Waals surface area contributed by atoms with Gasteiger partial charge in [0.1, 0.15) is 18.0 Å². The maximum absolute atomic E-state index is 13.7. The lowest BCUT2D eigenvalue weighted by Gasteiger charge is -2.34. The van der Waals surface area contributed by atoms with Gasteiger partial charge in [-0.3, -0.25) is 4.90 Å². The maximum Gasteiger partial charge on any atom is 0.416 e. The zero-order chi connectivity index (χ0) is 25.9. The molecule has 1 unspecified atom stereocenters. The standard InChI is InChI=1S/C23H32F5N3O4/c1-21(2,3)35-20(32)31(15-23(26,27)28)18-13-17(30-9-7-22(24,25)8-10-30)12-16(29-18)14-34-19-6-4-5-11-33-19/h12-13,19H,4-11,14-15H2,1-3H3. The van der Waals surface area contributed by atoms with E-state index >= 15 is 0 Å². The van der Waals surface area contributed by atoms with Gasteiger partial charge in [0.25, 0.3) is 5.92 Å². The van der Waals surface area contributed by atoms with Crippen LogP contribution in [0.5, 0.6) is 0 Å². The van der Waals surface area contributed by atoms with E-state index in [0.717, 1.165) is 12.8 Å². The number of amides is 1. The number of anilines is 2. The molecular weight excluding hydrogens is 477 g/mol. The van der Waals surface area contributed by atoms with E-state index in [0.29, 0.717) is 23.6 Å². The molecule has 198 valence electrons. The second kappa shape index (κ2) is 10.8. The molecule has 1 aromatic heterocycles. The van der Waals surface area contributed by atoms with Crippen LogP contribution >= 0.6 is 0 Å². The molecule has 0 bridgehead atoms. The lowest BCUT2D eigenvalue weighted by atomic mass is 10.1. The van der Waals surface area contributed by atoms with Crippen LogP contribution < -0.4 is 9.80 Å². The highest BCUT2D eigenvalue weighted by Gasteiger charge is 2.38. The molecule has 3 rings (SSSR count). The highest BCUT2D eigenvalue weighted by atomic mass is 19.4. The first-order chi connectivity index (χ1) is 16.2. The fourth-order valence-electron chi connectivity index (χ4n) is 3.80. The quantitative estimate of drug-likeness (QED) is 0.461. The average molecular weight is 510 g/mol. The van der Waals surface area contributed by atoms with Crippen molar-refractivity contribution in [3.63, 3.8) is 0 Å². The highest BCUT2D eigenvalue weighted by molar-refractivity contribution is 5.87. The van der Waals surface area contributed by atoms with E-state index in [4.69, 9.17) is 14.2 Å². The van der Waals surface area contributed by atoms with E-state index in [2.05, 4.69) is 4.98 Å². The Morgan fingerprint density at radius 1 is 1.20 bits per heavy atom. The lowest BCUT2D eigenvalue weighted by Crippen LogP contribution is -2.43. The van der Waals surface area contributed by atoms with Crippen LogP contribution in [0, 0.1) is 0 Å². The molecule has 2 aliphatic heterocycles. The van der Waals surface area contributed by atoms with Crippen molar-refractivity contribution < 1.29 is 41.0 Å². The van der Waals surface area contributed by atoms with Gasteiger partial charge in [-0.1, -0.05) is 0 Å². The molecule has 1 atom stereocenters. The SMILES string of the molecule is CC(C)(C)OC(=O)N(CC(F)(F)F)c1cc(N2CCC(F)(F)CC2)cc(COC2CCCCO2)n1. The first-order valence-corrected chi connectivity index (χ1v) is 11.6. The largest absolute Gasteiger partial charge is 0.443 e. The molecule has 0 N–H and O–H groups in total. The number of hydrogen-bond donors (Lipinski definition) is 0. The first kappa shape index (κ1) is 27.4. The number of hydrogen-bond acceptors (Lipinski definition) is 6. The van der Waals surface area contributed by atoms with E-state index in [-0.39, 0.29) is 44.0 Å². The van der Waals surface area contributed by atoms with Gasteiger partial charge in [-0.2, -0.15) is 13.2 Å². The molecule has 2 fully saturated rings.